The Morgan fingerprint density at radius 3 is 2.07 bits per heavy atom. The van der Waals surface area contributed by atoms with Crippen molar-refractivity contribution in [2.45, 2.75) is 236 Å². The van der Waals surface area contributed by atoms with Crippen LogP contribution in [0, 0.1) is 88.3 Å². The van der Waals surface area contributed by atoms with Crippen LogP contribution in [-0.4, -0.2) is 0 Å². The molecule has 0 aromatic carbocycles. The van der Waals surface area contributed by atoms with E-state index in [-0.39, 0.29) is 14.9 Å². The van der Waals surface area contributed by atoms with E-state index in [0.29, 0.717) is 5.41 Å². The van der Waals surface area contributed by atoms with Crippen molar-refractivity contribution in [1.82, 2.24) is 0 Å². The number of hydrogen-bond acceptors (Lipinski definition) is 0. The van der Waals surface area contributed by atoms with Crippen molar-refractivity contribution in [3.05, 3.63) is 23.3 Å². The summed E-state index contributed by atoms with van der Waals surface area (Å²) in [5.41, 5.74) is 4.71. The van der Waals surface area contributed by atoms with Gasteiger partial charge in [0.2, 0.25) is 0 Å². The average molecular weight is 759 g/mol. The smallest absolute Gasteiger partial charge is 0.0101 e. The van der Waals surface area contributed by atoms with Crippen molar-refractivity contribution in [3.63, 3.8) is 0 Å². The van der Waals surface area contributed by atoms with E-state index in [2.05, 4.69) is 64.8 Å². The van der Waals surface area contributed by atoms with E-state index in [1.54, 1.807) is 32.1 Å². The van der Waals surface area contributed by atoms with Gasteiger partial charge in [-0.1, -0.05) is 176 Å². The largest absolute Gasteiger partial charge is 0.0882 e. The van der Waals surface area contributed by atoms with Gasteiger partial charge in [0.05, 0.1) is 0 Å². The molecule has 318 valence electrons. The van der Waals surface area contributed by atoms with E-state index in [0.717, 1.165) is 82.9 Å². The predicted molar refractivity (Wildman–Crippen MR) is 244 cm³/mol. The second-order valence-electron chi connectivity index (χ2n) is 22.0. The summed E-state index contributed by atoms with van der Waals surface area (Å²) in [6.45, 7) is 16.1. The highest BCUT2D eigenvalue weighted by molar-refractivity contribution is 5.33. The molecule has 0 radical (unpaired) electrons. The normalized spacial score (nSPS) is 37.7. The summed E-state index contributed by atoms with van der Waals surface area (Å²) in [7, 11) is 0. The van der Waals surface area contributed by atoms with Gasteiger partial charge in [-0.2, -0.15) is 0 Å². The maximum atomic E-state index is 2.88. The first-order chi connectivity index (χ1) is 25.8. The fourth-order valence-electron chi connectivity index (χ4n) is 16.3. The fourth-order valence-corrected chi connectivity index (χ4v) is 16.3. The Balaban J connectivity index is 0.00000290. The van der Waals surface area contributed by atoms with Gasteiger partial charge in [0.25, 0.3) is 0 Å². The molecule has 4 fully saturated rings. The van der Waals surface area contributed by atoms with Gasteiger partial charge >= 0.3 is 0 Å². The summed E-state index contributed by atoms with van der Waals surface area (Å²) in [6.07, 6.45) is 47.4. The van der Waals surface area contributed by atoms with Crippen LogP contribution in [-0.2, 0) is 0 Å². The molecule has 0 heterocycles. The van der Waals surface area contributed by atoms with Crippen LogP contribution in [0.3, 0.4) is 0 Å². The van der Waals surface area contributed by atoms with Gasteiger partial charge in [0.1, 0.15) is 0 Å². The lowest BCUT2D eigenvalue weighted by atomic mass is 9.46. The van der Waals surface area contributed by atoms with Crippen LogP contribution in [0.25, 0.3) is 0 Å². The van der Waals surface area contributed by atoms with E-state index in [1.165, 1.54) is 148 Å². The topological polar surface area (TPSA) is 0 Å². The zero-order chi connectivity index (χ0) is 37.0. The van der Waals surface area contributed by atoms with Gasteiger partial charge < -0.3 is 0 Å². The van der Waals surface area contributed by atoms with E-state index >= 15 is 0 Å². The van der Waals surface area contributed by atoms with E-state index in [4.69, 9.17) is 0 Å². The molecule has 0 amide bonds. The van der Waals surface area contributed by atoms with E-state index < -0.39 is 0 Å². The van der Waals surface area contributed by atoms with Crippen molar-refractivity contribution < 1.29 is 0 Å². The Labute approximate surface area is 346 Å². The molecule has 0 nitrogen and oxygen atoms in total. The molecular weight excluding hydrogens is 661 g/mol. The van der Waals surface area contributed by atoms with Crippen LogP contribution in [0.2, 0.25) is 0 Å². The summed E-state index contributed by atoms with van der Waals surface area (Å²) in [4.78, 5) is 0. The number of hydrogen-bond donors (Lipinski definition) is 0. The quantitative estimate of drug-likeness (QED) is 0.164. The Morgan fingerprint density at radius 1 is 0.691 bits per heavy atom. The lowest BCUT2D eigenvalue weighted by Crippen LogP contribution is -2.50. The van der Waals surface area contributed by atoms with Gasteiger partial charge in [0.15, 0.2) is 0 Å². The molecule has 7 aliphatic rings. The summed E-state index contributed by atoms with van der Waals surface area (Å²) < 4.78 is 0. The molecule has 0 bridgehead atoms. The SMILES string of the molecule is C.C.CCCC(C(C)CCC1CC(C2CCCCC2)CCC1C)C1CCCCC1C(C(C)CC)C1C2=C(CCCC2)C(C2(C)CCCCC2)C2CCC=CC21. The van der Waals surface area contributed by atoms with Gasteiger partial charge in [0, 0.05) is 0 Å². The number of allylic oxidation sites excluding steroid dienone is 4. The first-order valence-electron chi connectivity index (χ1n) is 25.2. The molecule has 0 saturated heterocycles. The van der Waals surface area contributed by atoms with Crippen molar-refractivity contribution in [2.75, 3.05) is 0 Å². The first-order valence-corrected chi connectivity index (χ1v) is 25.2. The molecule has 0 N–H and O–H groups in total. The van der Waals surface area contributed by atoms with Crippen molar-refractivity contribution in [2.24, 2.45) is 88.3 Å². The number of rotatable bonds is 13. The lowest BCUT2D eigenvalue weighted by Gasteiger charge is -2.58. The van der Waals surface area contributed by atoms with E-state index in [9.17, 15) is 0 Å². The third-order valence-electron chi connectivity index (χ3n) is 19.1. The average Bonchev–Trinajstić information content (AvgIpc) is 3.20. The highest BCUT2D eigenvalue weighted by Crippen LogP contribution is 2.63. The second-order valence-corrected chi connectivity index (χ2v) is 22.0. The highest BCUT2D eigenvalue weighted by Gasteiger charge is 2.54. The van der Waals surface area contributed by atoms with Crippen LogP contribution in [0.15, 0.2) is 23.3 Å². The third kappa shape index (κ3) is 9.93. The van der Waals surface area contributed by atoms with E-state index in [1.807, 2.05) is 0 Å². The van der Waals surface area contributed by atoms with Gasteiger partial charge in [-0.05, 0) is 172 Å². The van der Waals surface area contributed by atoms with Gasteiger partial charge in [-0.15, -0.1) is 0 Å². The van der Waals surface area contributed by atoms with Crippen LogP contribution in [0.5, 0.6) is 0 Å². The Bertz CT molecular complexity index is 1170. The maximum Gasteiger partial charge on any atom is -0.0101 e. The molecule has 7 aliphatic carbocycles. The van der Waals surface area contributed by atoms with Crippen molar-refractivity contribution >= 4 is 0 Å². The lowest BCUT2D eigenvalue weighted by molar-refractivity contribution is -0.0186. The van der Waals surface area contributed by atoms with Crippen LogP contribution < -0.4 is 0 Å². The Hall–Kier alpha value is -0.520. The molecule has 0 aromatic rings. The van der Waals surface area contributed by atoms with Crippen molar-refractivity contribution in [1.29, 1.82) is 0 Å². The number of fused-ring (bicyclic) bond motifs is 1. The minimum Gasteiger partial charge on any atom is -0.0882 e. The molecule has 0 aliphatic heterocycles. The molecule has 13 atom stereocenters. The minimum absolute atomic E-state index is 0. The highest BCUT2D eigenvalue weighted by atomic mass is 14.6. The van der Waals surface area contributed by atoms with Gasteiger partial charge in [-0.3, -0.25) is 0 Å². The maximum absolute atomic E-state index is 2.88. The first kappa shape index (κ1) is 45.6. The van der Waals surface area contributed by atoms with Crippen LogP contribution in [0.1, 0.15) is 236 Å². The Morgan fingerprint density at radius 2 is 1.36 bits per heavy atom. The van der Waals surface area contributed by atoms with Crippen LogP contribution >= 0.6 is 0 Å². The molecule has 13 unspecified atom stereocenters. The minimum atomic E-state index is 0. The zero-order valence-corrected chi connectivity index (χ0v) is 36.5. The second kappa shape index (κ2) is 21.1. The molecule has 0 heteroatoms. The summed E-state index contributed by atoms with van der Waals surface area (Å²) in [6, 6.07) is 0. The van der Waals surface area contributed by atoms with Gasteiger partial charge in [-0.25, -0.2) is 0 Å². The zero-order valence-electron chi connectivity index (χ0n) is 36.5. The standard InChI is InChI=1S/C53H90.2CH4/c1-7-21-43(39(5)31-32-41-36-42(33-30-38(41)4)40-22-11-9-12-23-40)44-24-13-14-25-45(44)50(37(3)8-2)51-46-26-15-17-28-48(46)52(49-29-18-16-27-47(49)51)53(6)34-19-10-20-35-53;;/h15,26,37-46,48,50-52H,7-14,16-25,27-36H2,1-6H3;2*1H4. The molecule has 4 saturated carbocycles. The predicted octanol–water partition coefficient (Wildman–Crippen LogP) is 17.9. The monoisotopic (exact) mass is 759 g/mol. The summed E-state index contributed by atoms with van der Waals surface area (Å²) >= 11 is 0. The molecule has 7 rings (SSSR count). The molecule has 55 heavy (non-hydrogen) atoms. The fraction of sp³-hybridized carbons (Fsp3) is 0.927. The summed E-state index contributed by atoms with van der Waals surface area (Å²) in [5.74, 6) is 13.0. The molecule has 0 aromatic heterocycles. The Kier molecular flexibility index (Phi) is 17.5. The molecular formula is C55H98. The van der Waals surface area contributed by atoms with Crippen LogP contribution in [0.4, 0.5) is 0 Å². The molecule has 0 spiro atoms. The third-order valence-corrected chi connectivity index (χ3v) is 19.1. The summed E-state index contributed by atoms with van der Waals surface area (Å²) in [5, 5.41) is 0. The van der Waals surface area contributed by atoms with Crippen molar-refractivity contribution in [3.8, 4) is 0 Å².